The lowest BCUT2D eigenvalue weighted by molar-refractivity contribution is 0.133. The van der Waals surface area contributed by atoms with Crippen LogP contribution in [0.2, 0.25) is 0 Å². The van der Waals surface area contributed by atoms with Gasteiger partial charge in [0.05, 0.1) is 6.61 Å². The Morgan fingerprint density at radius 1 is 1.16 bits per heavy atom. The molecule has 0 unspecified atom stereocenters. The lowest BCUT2D eigenvalue weighted by Crippen LogP contribution is -2.45. The molecule has 1 fully saturated rings. The molecule has 6 heteroatoms. The normalized spacial score (nSPS) is 15.5. The van der Waals surface area contributed by atoms with E-state index < -0.39 is 0 Å². The van der Waals surface area contributed by atoms with Crippen LogP contribution in [0.15, 0.2) is 53.5 Å². The smallest absolute Gasteiger partial charge is 0.344 e. The van der Waals surface area contributed by atoms with Gasteiger partial charge >= 0.3 is 6.03 Å². The van der Waals surface area contributed by atoms with E-state index in [-0.39, 0.29) is 17.9 Å². The minimum atomic E-state index is -0.278. The Kier molecular flexibility index (Phi) is 8.18. The van der Waals surface area contributed by atoms with Gasteiger partial charge in [0.1, 0.15) is 11.6 Å². The summed E-state index contributed by atoms with van der Waals surface area (Å²) in [6, 6.07) is 13.7. The maximum Gasteiger partial charge on any atom is 0.344 e. The largest absolute Gasteiger partial charge is 0.493 e. The number of nitrogens with zero attached hydrogens (tertiary/aromatic N) is 3. The zero-order chi connectivity index (χ0) is 22.2. The van der Waals surface area contributed by atoms with Gasteiger partial charge < -0.3 is 14.5 Å². The van der Waals surface area contributed by atoms with E-state index in [2.05, 4.69) is 30.8 Å². The molecule has 2 amide bonds. The second-order valence-corrected chi connectivity index (χ2v) is 8.60. The SMILES string of the molecule is CC(C)COc1ccc(/C=N/C(=O)N(Cc2ccc(F)cc2)C2CCN(C)CC2)cc1. The number of piperidine rings is 1. The molecule has 0 aromatic heterocycles. The molecule has 2 aromatic rings. The number of likely N-dealkylation sites (tertiary alicyclic amines) is 1. The Morgan fingerprint density at radius 3 is 2.42 bits per heavy atom. The van der Waals surface area contributed by atoms with Crippen molar-refractivity contribution in [1.29, 1.82) is 0 Å². The molecule has 1 heterocycles. The van der Waals surface area contributed by atoms with Crippen molar-refractivity contribution in [3.05, 3.63) is 65.5 Å². The number of ether oxygens (including phenoxy) is 1. The summed E-state index contributed by atoms with van der Waals surface area (Å²) in [5, 5.41) is 0. The predicted octanol–water partition coefficient (Wildman–Crippen LogP) is 5.00. The fourth-order valence-electron chi connectivity index (χ4n) is 3.56. The van der Waals surface area contributed by atoms with Crippen LogP contribution in [0.3, 0.4) is 0 Å². The van der Waals surface area contributed by atoms with Gasteiger partial charge in [-0.1, -0.05) is 26.0 Å². The van der Waals surface area contributed by atoms with Crippen LogP contribution in [0.4, 0.5) is 9.18 Å². The second-order valence-electron chi connectivity index (χ2n) is 8.60. The van der Waals surface area contributed by atoms with Crippen LogP contribution in [0.5, 0.6) is 5.75 Å². The molecule has 0 atom stereocenters. The van der Waals surface area contributed by atoms with Crippen molar-refractivity contribution in [2.24, 2.45) is 10.9 Å². The number of urea groups is 1. The first-order chi connectivity index (χ1) is 14.9. The number of amides is 2. The minimum Gasteiger partial charge on any atom is -0.493 e. The Hall–Kier alpha value is -2.73. The van der Waals surface area contributed by atoms with E-state index in [1.54, 1.807) is 18.3 Å². The number of rotatable bonds is 7. The average molecular weight is 426 g/mol. The van der Waals surface area contributed by atoms with Crippen molar-refractivity contribution in [2.45, 2.75) is 39.3 Å². The first-order valence-corrected chi connectivity index (χ1v) is 10.9. The molecule has 2 aromatic carbocycles. The van der Waals surface area contributed by atoms with Crippen LogP contribution in [0.1, 0.15) is 37.8 Å². The van der Waals surface area contributed by atoms with Crippen molar-refractivity contribution < 1.29 is 13.9 Å². The van der Waals surface area contributed by atoms with Crippen LogP contribution in [-0.2, 0) is 6.54 Å². The van der Waals surface area contributed by atoms with Gasteiger partial charge in [0, 0.05) is 18.8 Å². The summed E-state index contributed by atoms with van der Waals surface area (Å²) in [6.45, 7) is 7.19. The third-order valence-corrected chi connectivity index (χ3v) is 5.43. The van der Waals surface area contributed by atoms with Gasteiger partial charge in [-0.3, -0.25) is 0 Å². The standard InChI is InChI=1S/C25H32FN3O2/c1-19(2)18-31-24-10-6-20(7-11-24)16-27-25(30)29(23-12-14-28(3)15-13-23)17-21-4-8-22(26)9-5-21/h4-11,16,19,23H,12-15,17-18H2,1-3H3/b27-16+. The maximum absolute atomic E-state index is 13.3. The third-order valence-electron chi connectivity index (χ3n) is 5.43. The topological polar surface area (TPSA) is 45.1 Å². The molecule has 166 valence electrons. The molecule has 0 radical (unpaired) electrons. The summed E-state index contributed by atoms with van der Waals surface area (Å²) in [7, 11) is 2.09. The highest BCUT2D eigenvalue weighted by Gasteiger charge is 2.26. The molecule has 5 nitrogen and oxygen atoms in total. The maximum atomic E-state index is 13.3. The Morgan fingerprint density at radius 2 is 1.81 bits per heavy atom. The number of carbonyl (C=O) groups is 1. The Balaban J connectivity index is 1.69. The van der Waals surface area contributed by atoms with Crippen LogP contribution < -0.4 is 4.74 Å². The number of aliphatic imine (C=N–C) groups is 1. The van der Waals surface area contributed by atoms with E-state index in [0.717, 1.165) is 42.8 Å². The average Bonchev–Trinajstić information content (AvgIpc) is 2.77. The van der Waals surface area contributed by atoms with Gasteiger partial charge in [-0.2, -0.15) is 0 Å². The lowest BCUT2D eigenvalue weighted by Gasteiger charge is -2.36. The van der Waals surface area contributed by atoms with E-state index in [1.807, 2.05) is 29.2 Å². The fraction of sp³-hybridized carbons (Fsp3) is 0.440. The lowest BCUT2D eigenvalue weighted by atomic mass is 10.0. The third kappa shape index (κ3) is 7.17. The summed E-state index contributed by atoms with van der Waals surface area (Å²) in [6.07, 6.45) is 3.41. The van der Waals surface area contributed by atoms with Gasteiger partial charge in [0.2, 0.25) is 0 Å². The van der Waals surface area contributed by atoms with Crippen molar-refractivity contribution in [2.75, 3.05) is 26.7 Å². The van der Waals surface area contributed by atoms with E-state index in [1.165, 1.54) is 12.1 Å². The Labute approximate surface area is 184 Å². The number of carbonyl (C=O) groups excluding carboxylic acids is 1. The van der Waals surface area contributed by atoms with E-state index >= 15 is 0 Å². The van der Waals surface area contributed by atoms with Crippen LogP contribution >= 0.6 is 0 Å². The van der Waals surface area contributed by atoms with E-state index in [4.69, 9.17) is 4.74 Å². The molecule has 1 aliphatic heterocycles. The van der Waals surface area contributed by atoms with Crippen molar-refractivity contribution in [3.8, 4) is 5.75 Å². The molecule has 3 rings (SSSR count). The van der Waals surface area contributed by atoms with Gasteiger partial charge in [0.25, 0.3) is 0 Å². The van der Waals surface area contributed by atoms with E-state index in [0.29, 0.717) is 19.1 Å². The number of hydrogen-bond donors (Lipinski definition) is 0. The van der Waals surface area contributed by atoms with Gasteiger partial charge in [-0.25, -0.2) is 14.2 Å². The summed E-state index contributed by atoms with van der Waals surface area (Å²) in [5.74, 6) is 0.992. The van der Waals surface area contributed by atoms with E-state index in [9.17, 15) is 9.18 Å². The first kappa shape index (κ1) is 22.9. The number of benzene rings is 2. The molecule has 0 saturated carbocycles. The molecule has 31 heavy (non-hydrogen) atoms. The minimum absolute atomic E-state index is 0.123. The van der Waals surface area contributed by atoms with Crippen molar-refractivity contribution in [3.63, 3.8) is 0 Å². The zero-order valence-electron chi connectivity index (χ0n) is 18.6. The number of halogens is 1. The summed E-state index contributed by atoms with van der Waals surface area (Å²) in [5.41, 5.74) is 1.74. The molecule has 1 aliphatic rings. The fourth-order valence-corrected chi connectivity index (χ4v) is 3.56. The summed E-state index contributed by atoms with van der Waals surface area (Å²) >= 11 is 0. The van der Waals surface area contributed by atoms with Crippen molar-refractivity contribution in [1.82, 2.24) is 9.80 Å². The monoisotopic (exact) mass is 425 g/mol. The van der Waals surface area contributed by atoms with Crippen LogP contribution in [0, 0.1) is 11.7 Å². The molecule has 0 N–H and O–H groups in total. The molecule has 0 aliphatic carbocycles. The molecule has 1 saturated heterocycles. The molecular formula is C25H32FN3O2. The van der Waals surface area contributed by atoms with Crippen LogP contribution in [0.25, 0.3) is 0 Å². The zero-order valence-corrected chi connectivity index (χ0v) is 18.6. The Bertz CT molecular complexity index is 857. The highest BCUT2D eigenvalue weighted by molar-refractivity contribution is 5.91. The van der Waals surface area contributed by atoms with Crippen molar-refractivity contribution >= 4 is 12.2 Å². The van der Waals surface area contributed by atoms with Gasteiger partial charge in [-0.15, -0.1) is 0 Å². The van der Waals surface area contributed by atoms with Gasteiger partial charge in [-0.05, 0) is 86.4 Å². The predicted molar refractivity (Wildman–Crippen MR) is 122 cm³/mol. The summed E-state index contributed by atoms with van der Waals surface area (Å²) in [4.78, 5) is 21.4. The number of hydrogen-bond acceptors (Lipinski definition) is 3. The quantitative estimate of drug-likeness (QED) is 0.587. The first-order valence-electron chi connectivity index (χ1n) is 10.9. The highest BCUT2D eigenvalue weighted by Crippen LogP contribution is 2.20. The van der Waals surface area contributed by atoms with Gasteiger partial charge in [0.15, 0.2) is 0 Å². The molecular weight excluding hydrogens is 393 g/mol. The second kappa shape index (κ2) is 11.0. The van der Waals surface area contributed by atoms with Crippen LogP contribution in [-0.4, -0.2) is 54.8 Å². The summed E-state index contributed by atoms with van der Waals surface area (Å²) < 4.78 is 19.0. The molecule has 0 bridgehead atoms. The highest BCUT2D eigenvalue weighted by atomic mass is 19.1. The molecule has 0 spiro atoms.